The number of carboxylic acids is 1. The largest absolute Gasteiger partial charge is 0.481 e. The van der Waals surface area contributed by atoms with Crippen LogP contribution in [0.3, 0.4) is 0 Å². The molecule has 2 rings (SSSR count). The van der Waals surface area contributed by atoms with E-state index in [0.717, 1.165) is 11.1 Å². The van der Waals surface area contributed by atoms with Gasteiger partial charge < -0.3 is 5.11 Å². The Morgan fingerprint density at radius 1 is 1.41 bits per heavy atom. The van der Waals surface area contributed by atoms with E-state index in [4.69, 9.17) is 17.3 Å². The maximum absolute atomic E-state index is 12.4. The van der Waals surface area contributed by atoms with Gasteiger partial charge in [0.15, 0.2) is 0 Å². The van der Waals surface area contributed by atoms with Crippen LogP contribution >= 0.6 is 24.0 Å². The number of nitrogens with zero attached hydrogens (tertiary/aromatic N) is 1. The van der Waals surface area contributed by atoms with Crippen LogP contribution in [0.25, 0.3) is 6.08 Å². The third-order valence-corrected chi connectivity index (χ3v) is 4.74. The fourth-order valence-electron chi connectivity index (χ4n) is 2.21. The van der Waals surface area contributed by atoms with E-state index in [2.05, 4.69) is 6.07 Å². The van der Waals surface area contributed by atoms with Crippen molar-refractivity contribution in [3.63, 3.8) is 0 Å². The average molecular weight is 335 g/mol. The van der Waals surface area contributed by atoms with Gasteiger partial charge in [-0.15, -0.1) is 0 Å². The van der Waals surface area contributed by atoms with Crippen molar-refractivity contribution in [3.05, 3.63) is 39.8 Å². The quantitative estimate of drug-likeness (QED) is 0.660. The fraction of sp³-hybridized carbons (Fsp3) is 0.312. The van der Waals surface area contributed by atoms with Gasteiger partial charge in [0.2, 0.25) is 0 Å². The summed E-state index contributed by atoms with van der Waals surface area (Å²) in [5.41, 5.74) is 3.28. The van der Waals surface area contributed by atoms with Crippen LogP contribution in [0.1, 0.15) is 29.5 Å². The summed E-state index contributed by atoms with van der Waals surface area (Å²) in [6.07, 6.45) is 2.29. The highest BCUT2D eigenvalue weighted by molar-refractivity contribution is 8.26. The predicted molar refractivity (Wildman–Crippen MR) is 92.7 cm³/mol. The molecule has 1 saturated heterocycles. The molecule has 0 unspecified atom stereocenters. The number of thiocarbonyl (C=S) groups is 1. The van der Waals surface area contributed by atoms with Crippen LogP contribution in [0.4, 0.5) is 0 Å². The Hall–Kier alpha value is -1.66. The van der Waals surface area contributed by atoms with Crippen LogP contribution in [0.15, 0.2) is 23.1 Å². The van der Waals surface area contributed by atoms with Gasteiger partial charge >= 0.3 is 5.97 Å². The van der Waals surface area contributed by atoms with Gasteiger partial charge in [-0.05, 0) is 37.5 Å². The molecule has 4 nitrogen and oxygen atoms in total. The van der Waals surface area contributed by atoms with E-state index in [9.17, 15) is 9.59 Å². The van der Waals surface area contributed by atoms with Gasteiger partial charge in [-0.1, -0.05) is 47.7 Å². The maximum atomic E-state index is 12.4. The molecule has 0 aliphatic carbocycles. The van der Waals surface area contributed by atoms with E-state index >= 15 is 0 Å². The van der Waals surface area contributed by atoms with Gasteiger partial charge in [0.05, 0.1) is 4.91 Å². The predicted octanol–water partition coefficient (Wildman–Crippen LogP) is 3.37. The molecule has 0 aromatic heterocycles. The van der Waals surface area contributed by atoms with Crippen LogP contribution < -0.4 is 0 Å². The second-order valence-corrected chi connectivity index (χ2v) is 6.87. The summed E-state index contributed by atoms with van der Waals surface area (Å²) in [7, 11) is 0. The summed E-state index contributed by atoms with van der Waals surface area (Å²) in [5.74, 6) is -1.00. The van der Waals surface area contributed by atoms with Gasteiger partial charge in [0.1, 0.15) is 4.32 Å². The molecule has 1 aliphatic heterocycles. The Kier molecular flexibility index (Phi) is 5.37. The van der Waals surface area contributed by atoms with Crippen molar-refractivity contribution in [2.24, 2.45) is 0 Å². The minimum Gasteiger partial charge on any atom is -0.481 e. The van der Waals surface area contributed by atoms with Gasteiger partial charge in [0, 0.05) is 13.0 Å². The van der Waals surface area contributed by atoms with E-state index < -0.39 is 5.97 Å². The number of hydrogen-bond acceptors (Lipinski definition) is 4. The van der Waals surface area contributed by atoms with Crippen molar-refractivity contribution in [3.8, 4) is 0 Å². The normalized spacial score (nSPS) is 16.6. The molecule has 116 valence electrons. The maximum Gasteiger partial charge on any atom is 0.303 e. The summed E-state index contributed by atoms with van der Waals surface area (Å²) in [4.78, 5) is 25.0. The summed E-state index contributed by atoms with van der Waals surface area (Å²) >= 11 is 6.49. The molecule has 0 spiro atoms. The number of thioether (sulfide) groups is 1. The SMILES string of the molecule is Cc1ccc(/C=C2\SC(=S)N(CCCC(=O)O)C2=O)c(C)c1. The fourth-order valence-corrected chi connectivity index (χ4v) is 3.51. The minimum atomic E-state index is -0.865. The van der Waals surface area contributed by atoms with Crippen molar-refractivity contribution in [1.29, 1.82) is 0 Å². The monoisotopic (exact) mass is 335 g/mol. The zero-order chi connectivity index (χ0) is 16.3. The minimum absolute atomic E-state index is 0.0349. The second kappa shape index (κ2) is 7.07. The van der Waals surface area contributed by atoms with Crippen LogP contribution in [-0.2, 0) is 9.59 Å². The van der Waals surface area contributed by atoms with Gasteiger partial charge in [0.25, 0.3) is 5.91 Å². The van der Waals surface area contributed by atoms with Crippen LogP contribution in [-0.4, -0.2) is 32.7 Å². The van der Waals surface area contributed by atoms with Gasteiger partial charge in [-0.2, -0.15) is 0 Å². The second-order valence-electron chi connectivity index (χ2n) is 5.19. The lowest BCUT2D eigenvalue weighted by Gasteiger charge is -2.13. The summed E-state index contributed by atoms with van der Waals surface area (Å²) in [6, 6.07) is 6.06. The summed E-state index contributed by atoms with van der Waals surface area (Å²) in [6.45, 7) is 4.38. The molecule has 1 aromatic carbocycles. The molecule has 1 amide bonds. The first-order valence-corrected chi connectivity index (χ1v) is 8.15. The molecule has 0 saturated carbocycles. The molecule has 1 fully saturated rings. The first kappa shape index (κ1) is 16.7. The number of carbonyl (C=O) groups excluding carboxylic acids is 1. The third kappa shape index (κ3) is 3.96. The number of carboxylic acid groups (broad SMARTS) is 1. The Labute approximate surface area is 139 Å². The smallest absolute Gasteiger partial charge is 0.303 e. The van der Waals surface area contributed by atoms with Crippen molar-refractivity contribution >= 4 is 46.3 Å². The number of benzene rings is 1. The lowest BCUT2D eigenvalue weighted by atomic mass is 10.1. The van der Waals surface area contributed by atoms with Gasteiger partial charge in [-0.3, -0.25) is 14.5 Å². The number of aliphatic carboxylic acids is 1. The van der Waals surface area contributed by atoms with Crippen molar-refractivity contribution < 1.29 is 14.7 Å². The molecule has 6 heteroatoms. The molecule has 1 aliphatic rings. The first-order valence-electron chi connectivity index (χ1n) is 6.93. The molecular weight excluding hydrogens is 318 g/mol. The molecule has 1 N–H and O–H groups in total. The Bertz CT molecular complexity index is 667. The van der Waals surface area contributed by atoms with Crippen LogP contribution in [0.2, 0.25) is 0 Å². The Morgan fingerprint density at radius 2 is 2.14 bits per heavy atom. The number of aryl methyl sites for hydroxylation is 2. The molecular formula is C16H17NO3S2. The molecule has 0 radical (unpaired) electrons. The van der Waals surface area contributed by atoms with Gasteiger partial charge in [-0.25, -0.2) is 0 Å². The molecule has 1 aromatic rings. The van der Waals surface area contributed by atoms with Crippen molar-refractivity contribution in [1.82, 2.24) is 4.90 Å². The standard InChI is InChI=1S/C16H17NO3S2/c1-10-5-6-12(11(2)8-10)9-13-15(20)17(16(21)22-13)7-3-4-14(18)19/h5-6,8-9H,3-4,7H2,1-2H3,(H,18,19)/b13-9-. The molecule has 0 bridgehead atoms. The highest BCUT2D eigenvalue weighted by Crippen LogP contribution is 2.33. The summed E-state index contributed by atoms with van der Waals surface area (Å²) < 4.78 is 0.492. The van der Waals surface area contributed by atoms with Crippen molar-refractivity contribution in [2.75, 3.05) is 6.54 Å². The average Bonchev–Trinajstić information content (AvgIpc) is 2.69. The summed E-state index contributed by atoms with van der Waals surface area (Å²) in [5, 5.41) is 8.67. The number of carbonyl (C=O) groups is 2. The molecule has 22 heavy (non-hydrogen) atoms. The lowest BCUT2D eigenvalue weighted by Crippen LogP contribution is -2.29. The van der Waals surface area contributed by atoms with E-state index in [-0.39, 0.29) is 12.3 Å². The van der Waals surface area contributed by atoms with E-state index in [1.807, 2.05) is 32.1 Å². The van der Waals surface area contributed by atoms with Crippen molar-refractivity contribution in [2.45, 2.75) is 26.7 Å². The highest BCUT2D eigenvalue weighted by Gasteiger charge is 2.31. The third-order valence-electron chi connectivity index (χ3n) is 3.36. The number of amides is 1. The van der Waals surface area contributed by atoms with Crippen LogP contribution in [0, 0.1) is 13.8 Å². The number of hydrogen-bond donors (Lipinski definition) is 1. The highest BCUT2D eigenvalue weighted by atomic mass is 32.2. The molecule has 0 atom stereocenters. The zero-order valence-corrected chi connectivity index (χ0v) is 14.1. The Balaban J connectivity index is 2.13. The topological polar surface area (TPSA) is 57.6 Å². The first-order chi connectivity index (χ1) is 10.4. The van der Waals surface area contributed by atoms with E-state index in [0.29, 0.717) is 22.2 Å². The zero-order valence-electron chi connectivity index (χ0n) is 12.5. The van der Waals surface area contributed by atoms with Crippen LogP contribution in [0.5, 0.6) is 0 Å². The van der Waals surface area contributed by atoms with E-state index in [1.54, 1.807) is 0 Å². The lowest BCUT2D eigenvalue weighted by molar-refractivity contribution is -0.137. The molecule has 1 heterocycles. The van der Waals surface area contributed by atoms with E-state index in [1.165, 1.54) is 22.2 Å². The number of rotatable bonds is 5. The Morgan fingerprint density at radius 3 is 2.77 bits per heavy atom.